The Morgan fingerprint density at radius 2 is 2.00 bits per heavy atom. The van der Waals surface area contributed by atoms with Crippen LogP contribution in [0.2, 0.25) is 0 Å². The average molecular weight is 557 g/mol. The molecule has 5 rings (SSSR count). The van der Waals surface area contributed by atoms with Gasteiger partial charge in [0.05, 0.1) is 36.5 Å². The van der Waals surface area contributed by atoms with Crippen molar-refractivity contribution in [1.82, 2.24) is 15.2 Å². The van der Waals surface area contributed by atoms with Gasteiger partial charge in [-0.15, -0.1) is 11.3 Å². The van der Waals surface area contributed by atoms with Crippen LogP contribution in [0.4, 0.5) is 24.5 Å². The minimum absolute atomic E-state index is 0.0365. The number of carbonyl (C=O) groups excluding carboxylic acids is 1. The standard InChI is InChI=1S/C26H23F3N6O3S/c27-26(28,29)22-21(38-17-4-2-1-3-5-17)7-6-19(23(22)35-10-11-37-18(12-30)14-35)33-24(36)20-15-39-25(34-20)16-8-9-31-32-13-16/h1-9,13,15,18H,10-12,14,30H2,(H,33,36)/t18-/m1/s1. The van der Waals surface area contributed by atoms with Gasteiger partial charge in [-0.2, -0.15) is 23.4 Å². The lowest BCUT2D eigenvalue weighted by molar-refractivity contribution is -0.138. The summed E-state index contributed by atoms with van der Waals surface area (Å²) >= 11 is 1.21. The van der Waals surface area contributed by atoms with E-state index in [4.69, 9.17) is 15.2 Å². The van der Waals surface area contributed by atoms with Gasteiger partial charge >= 0.3 is 6.18 Å². The maximum Gasteiger partial charge on any atom is 0.422 e. The van der Waals surface area contributed by atoms with Crippen molar-refractivity contribution in [3.05, 3.63) is 77.6 Å². The molecule has 1 saturated heterocycles. The summed E-state index contributed by atoms with van der Waals surface area (Å²) in [4.78, 5) is 19.0. The summed E-state index contributed by atoms with van der Waals surface area (Å²) in [5.74, 6) is -0.805. The number of hydrogen-bond donors (Lipinski definition) is 2. The molecule has 2 aromatic carbocycles. The molecule has 4 aromatic rings. The van der Waals surface area contributed by atoms with E-state index in [1.807, 2.05) is 0 Å². The van der Waals surface area contributed by atoms with Crippen molar-refractivity contribution in [2.45, 2.75) is 12.3 Å². The van der Waals surface area contributed by atoms with E-state index in [0.717, 1.165) is 0 Å². The zero-order valence-electron chi connectivity index (χ0n) is 20.4. The van der Waals surface area contributed by atoms with Crippen molar-refractivity contribution >= 4 is 28.6 Å². The van der Waals surface area contributed by atoms with Crippen LogP contribution in [0, 0.1) is 0 Å². The highest BCUT2D eigenvalue weighted by Crippen LogP contribution is 2.48. The molecule has 0 saturated carbocycles. The number of morpholine rings is 1. The highest BCUT2D eigenvalue weighted by atomic mass is 32.1. The number of ether oxygens (including phenoxy) is 2. The number of amides is 1. The molecule has 13 heteroatoms. The molecule has 1 atom stereocenters. The van der Waals surface area contributed by atoms with E-state index in [0.29, 0.717) is 10.6 Å². The van der Waals surface area contributed by atoms with Gasteiger partial charge in [-0.25, -0.2) is 4.98 Å². The summed E-state index contributed by atoms with van der Waals surface area (Å²) in [6.07, 6.45) is -2.28. The quantitative estimate of drug-likeness (QED) is 0.333. The van der Waals surface area contributed by atoms with Crippen LogP contribution >= 0.6 is 11.3 Å². The first-order chi connectivity index (χ1) is 18.8. The molecule has 9 nitrogen and oxygen atoms in total. The first kappa shape index (κ1) is 26.5. The smallest absolute Gasteiger partial charge is 0.422 e. The van der Waals surface area contributed by atoms with Crippen LogP contribution in [0.5, 0.6) is 11.5 Å². The third-order valence-corrected chi connectivity index (χ3v) is 6.82. The molecule has 1 aliphatic heterocycles. The van der Waals surface area contributed by atoms with Crippen LogP contribution in [0.3, 0.4) is 0 Å². The second-order valence-electron chi connectivity index (χ2n) is 8.55. The summed E-state index contributed by atoms with van der Waals surface area (Å²) in [6.45, 7) is 0.567. The van der Waals surface area contributed by atoms with Gasteiger partial charge in [-0.05, 0) is 30.3 Å². The summed E-state index contributed by atoms with van der Waals surface area (Å²) < 4.78 is 55.3. The molecular formula is C26H23F3N6O3S. The molecule has 202 valence electrons. The fourth-order valence-corrected chi connectivity index (χ4v) is 4.95. The molecule has 2 aromatic heterocycles. The van der Waals surface area contributed by atoms with E-state index in [2.05, 4.69) is 20.5 Å². The predicted molar refractivity (Wildman–Crippen MR) is 140 cm³/mol. The fourth-order valence-electron chi connectivity index (χ4n) is 4.16. The van der Waals surface area contributed by atoms with Crippen molar-refractivity contribution < 1.29 is 27.4 Å². The number of nitrogens with zero attached hydrogens (tertiary/aromatic N) is 4. The van der Waals surface area contributed by atoms with Gasteiger partial charge in [0.2, 0.25) is 0 Å². The number of nitrogens with two attached hydrogens (primary N) is 1. The number of thiazole rings is 1. The number of rotatable bonds is 7. The Hall–Kier alpha value is -4.07. The van der Waals surface area contributed by atoms with E-state index in [1.54, 1.807) is 36.4 Å². The maximum atomic E-state index is 14.7. The number of alkyl halides is 3. The zero-order chi connectivity index (χ0) is 27.4. The molecule has 0 bridgehead atoms. The SMILES string of the molecule is NC[C@@H]1CN(c2c(NC(=O)c3csc(-c4ccnnc4)n3)ccc(Oc3ccccc3)c2C(F)(F)F)CCO1. The van der Waals surface area contributed by atoms with Gasteiger partial charge < -0.3 is 25.4 Å². The monoisotopic (exact) mass is 556 g/mol. The summed E-state index contributed by atoms with van der Waals surface area (Å²) in [7, 11) is 0. The third-order valence-electron chi connectivity index (χ3n) is 5.93. The molecule has 3 N–H and O–H groups in total. The van der Waals surface area contributed by atoms with Crippen molar-refractivity contribution in [3.63, 3.8) is 0 Å². The van der Waals surface area contributed by atoms with Crippen molar-refractivity contribution in [3.8, 4) is 22.1 Å². The molecule has 3 heterocycles. The van der Waals surface area contributed by atoms with E-state index in [-0.39, 0.29) is 49.1 Å². The number of benzene rings is 2. The van der Waals surface area contributed by atoms with Crippen molar-refractivity contribution in [2.75, 3.05) is 36.5 Å². The van der Waals surface area contributed by atoms with Gasteiger partial charge in [0.15, 0.2) is 0 Å². The molecule has 39 heavy (non-hydrogen) atoms. The van der Waals surface area contributed by atoms with Crippen LogP contribution in [0.1, 0.15) is 16.1 Å². The normalized spacial score (nSPS) is 15.7. The van der Waals surface area contributed by atoms with E-state index < -0.39 is 29.5 Å². The molecule has 0 spiro atoms. The fraction of sp³-hybridized carbons (Fsp3) is 0.231. The second kappa shape index (κ2) is 11.4. The largest absolute Gasteiger partial charge is 0.457 e. The van der Waals surface area contributed by atoms with Crippen LogP contribution in [-0.2, 0) is 10.9 Å². The Morgan fingerprint density at radius 1 is 1.18 bits per heavy atom. The topological polar surface area (TPSA) is 115 Å². The molecule has 1 fully saturated rings. The van der Waals surface area contributed by atoms with Crippen LogP contribution in [0.15, 0.2) is 66.3 Å². The van der Waals surface area contributed by atoms with E-state index >= 15 is 0 Å². The van der Waals surface area contributed by atoms with Gasteiger partial charge in [-0.3, -0.25) is 4.79 Å². The molecule has 1 amide bonds. The Morgan fingerprint density at radius 3 is 2.72 bits per heavy atom. The summed E-state index contributed by atoms with van der Waals surface area (Å²) in [5.41, 5.74) is 5.21. The number of halogens is 3. The Balaban J connectivity index is 1.55. The summed E-state index contributed by atoms with van der Waals surface area (Å²) in [6, 6.07) is 12.5. The van der Waals surface area contributed by atoms with Crippen LogP contribution in [-0.4, -0.2) is 53.4 Å². The highest BCUT2D eigenvalue weighted by molar-refractivity contribution is 7.13. The van der Waals surface area contributed by atoms with Crippen LogP contribution < -0.4 is 20.7 Å². The number of aromatic nitrogens is 3. The van der Waals surface area contributed by atoms with Crippen molar-refractivity contribution in [2.24, 2.45) is 5.73 Å². The Labute approximate surface area is 225 Å². The molecule has 0 aliphatic carbocycles. The molecule has 0 radical (unpaired) electrons. The van der Waals surface area contributed by atoms with Gasteiger partial charge in [-0.1, -0.05) is 18.2 Å². The van der Waals surface area contributed by atoms with Gasteiger partial charge in [0.1, 0.15) is 27.8 Å². The number of nitrogens with one attached hydrogen (secondary N) is 1. The predicted octanol–water partition coefficient (Wildman–Crippen LogP) is 4.83. The lowest BCUT2D eigenvalue weighted by Gasteiger charge is -2.37. The second-order valence-corrected chi connectivity index (χ2v) is 9.40. The van der Waals surface area contributed by atoms with Crippen LogP contribution in [0.25, 0.3) is 10.6 Å². The lowest BCUT2D eigenvalue weighted by atomic mass is 10.1. The molecule has 1 aliphatic rings. The minimum Gasteiger partial charge on any atom is -0.457 e. The highest BCUT2D eigenvalue weighted by Gasteiger charge is 2.41. The Bertz CT molecular complexity index is 1440. The Kier molecular flexibility index (Phi) is 7.72. The number of hydrogen-bond acceptors (Lipinski definition) is 9. The first-order valence-electron chi connectivity index (χ1n) is 11.9. The first-order valence-corrected chi connectivity index (χ1v) is 12.8. The minimum atomic E-state index is -4.81. The zero-order valence-corrected chi connectivity index (χ0v) is 21.2. The van der Waals surface area contributed by atoms with E-state index in [1.165, 1.54) is 46.1 Å². The molecular weight excluding hydrogens is 533 g/mol. The van der Waals surface area contributed by atoms with Gasteiger partial charge in [0.25, 0.3) is 5.91 Å². The molecule has 0 unspecified atom stereocenters. The number of para-hydroxylation sites is 1. The van der Waals surface area contributed by atoms with E-state index in [9.17, 15) is 18.0 Å². The number of carbonyl (C=O) groups is 1. The van der Waals surface area contributed by atoms with Crippen molar-refractivity contribution in [1.29, 1.82) is 0 Å². The lowest BCUT2D eigenvalue weighted by Crippen LogP contribution is -2.46. The average Bonchev–Trinajstić information content (AvgIpc) is 3.45. The maximum absolute atomic E-state index is 14.7. The number of anilines is 2. The van der Waals surface area contributed by atoms with Gasteiger partial charge in [0, 0.05) is 30.6 Å². The third kappa shape index (κ3) is 6.00. The summed E-state index contributed by atoms with van der Waals surface area (Å²) in [5, 5.41) is 12.2.